The number of carbonyl (C=O) groups excluding carboxylic acids is 1. The van der Waals surface area contributed by atoms with E-state index in [1.165, 1.54) is 21.9 Å². The largest absolute Gasteiger partial charge is 0.497 e. The Bertz CT molecular complexity index is 1010. The standard InChI is InChI=1S/C18H19N3O4S/c1-18(2,10-22)20-15(23)13-8-19-17-21(16(13)24)14(9-26-17)11-4-6-12(25-3)7-5-11/h4-9,22H,10H2,1-3H3,(H,20,23). The summed E-state index contributed by atoms with van der Waals surface area (Å²) in [6.45, 7) is 3.09. The maximum atomic E-state index is 12.9. The van der Waals surface area contributed by atoms with Crippen LogP contribution in [0.1, 0.15) is 24.2 Å². The zero-order valence-electron chi connectivity index (χ0n) is 14.6. The number of thiazole rings is 1. The van der Waals surface area contributed by atoms with Gasteiger partial charge < -0.3 is 15.2 Å². The molecule has 0 unspecified atom stereocenters. The Morgan fingerprint density at radius 2 is 2.04 bits per heavy atom. The van der Waals surface area contributed by atoms with Gasteiger partial charge in [0.25, 0.3) is 11.5 Å². The normalized spacial score (nSPS) is 11.5. The van der Waals surface area contributed by atoms with Crippen molar-refractivity contribution in [2.24, 2.45) is 0 Å². The third kappa shape index (κ3) is 3.33. The fourth-order valence-corrected chi connectivity index (χ4v) is 3.28. The van der Waals surface area contributed by atoms with Crippen LogP contribution in [0.3, 0.4) is 0 Å². The number of aliphatic hydroxyl groups excluding tert-OH is 1. The van der Waals surface area contributed by atoms with Gasteiger partial charge in [0.15, 0.2) is 4.96 Å². The molecule has 2 N–H and O–H groups in total. The Kier molecular flexibility index (Phi) is 4.80. The van der Waals surface area contributed by atoms with Gasteiger partial charge in [0.05, 0.1) is 24.9 Å². The fourth-order valence-electron chi connectivity index (χ4n) is 2.43. The maximum absolute atomic E-state index is 12.9. The number of benzene rings is 1. The second-order valence-corrected chi connectivity index (χ2v) is 7.28. The summed E-state index contributed by atoms with van der Waals surface area (Å²) in [5.41, 5.74) is 0.109. The summed E-state index contributed by atoms with van der Waals surface area (Å²) in [4.78, 5) is 30.1. The third-order valence-electron chi connectivity index (χ3n) is 3.92. The first-order valence-corrected chi connectivity index (χ1v) is 8.81. The second-order valence-electron chi connectivity index (χ2n) is 6.44. The lowest BCUT2D eigenvalue weighted by Crippen LogP contribution is -2.47. The van der Waals surface area contributed by atoms with E-state index < -0.39 is 17.0 Å². The van der Waals surface area contributed by atoms with E-state index in [-0.39, 0.29) is 12.2 Å². The molecule has 8 heteroatoms. The lowest BCUT2D eigenvalue weighted by molar-refractivity contribution is 0.0867. The molecule has 3 aromatic rings. The zero-order valence-corrected chi connectivity index (χ0v) is 15.5. The SMILES string of the molecule is COc1ccc(-c2csc3ncc(C(=O)NC(C)(C)CO)c(=O)n23)cc1. The Labute approximate surface area is 153 Å². The van der Waals surface area contributed by atoms with Gasteiger partial charge in [0.1, 0.15) is 11.3 Å². The third-order valence-corrected chi connectivity index (χ3v) is 4.76. The van der Waals surface area contributed by atoms with Crippen LogP contribution >= 0.6 is 11.3 Å². The van der Waals surface area contributed by atoms with Gasteiger partial charge in [0, 0.05) is 11.6 Å². The molecule has 2 aromatic heterocycles. The van der Waals surface area contributed by atoms with Gasteiger partial charge in [-0.15, -0.1) is 11.3 Å². The molecule has 0 aliphatic heterocycles. The molecule has 0 saturated carbocycles. The van der Waals surface area contributed by atoms with Crippen LogP contribution in [0.15, 0.2) is 40.6 Å². The highest BCUT2D eigenvalue weighted by Gasteiger charge is 2.23. The van der Waals surface area contributed by atoms with Crippen LogP contribution in [0.4, 0.5) is 0 Å². The van der Waals surface area contributed by atoms with E-state index in [1.807, 2.05) is 17.5 Å². The quantitative estimate of drug-likeness (QED) is 0.713. The first-order valence-electron chi connectivity index (χ1n) is 7.93. The number of hydrogen-bond donors (Lipinski definition) is 2. The monoisotopic (exact) mass is 373 g/mol. The van der Waals surface area contributed by atoms with E-state index in [2.05, 4.69) is 10.3 Å². The zero-order chi connectivity index (χ0) is 18.9. The number of ether oxygens (including phenoxy) is 1. The minimum absolute atomic E-state index is 0.0720. The van der Waals surface area contributed by atoms with Crippen LogP contribution in [-0.2, 0) is 0 Å². The molecule has 3 rings (SSSR count). The predicted molar refractivity (Wildman–Crippen MR) is 100.0 cm³/mol. The topological polar surface area (TPSA) is 92.9 Å². The predicted octanol–water partition coefficient (Wildman–Crippen LogP) is 1.93. The molecule has 0 bridgehead atoms. The number of nitrogens with one attached hydrogen (secondary N) is 1. The number of rotatable bonds is 5. The molecule has 0 atom stereocenters. The highest BCUT2D eigenvalue weighted by atomic mass is 32.1. The van der Waals surface area contributed by atoms with Crippen molar-refractivity contribution in [2.45, 2.75) is 19.4 Å². The molecule has 7 nitrogen and oxygen atoms in total. The summed E-state index contributed by atoms with van der Waals surface area (Å²) >= 11 is 1.32. The summed E-state index contributed by atoms with van der Waals surface area (Å²) < 4.78 is 6.58. The molecule has 0 aliphatic carbocycles. The van der Waals surface area contributed by atoms with E-state index >= 15 is 0 Å². The number of aromatic nitrogens is 2. The van der Waals surface area contributed by atoms with E-state index in [1.54, 1.807) is 33.1 Å². The lowest BCUT2D eigenvalue weighted by atomic mass is 10.1. The average molecular weight is 373 g/mol. The first-order chi connectivity index (χ1) is 12.4. The number of aliphatic hydroxyl groups is 1. The number of fused-ring (bicyclic) bond motifs is 1. The van der Waals surface area contributed by atoms with Crippen molar-refractivity contribution >= 4 is 22.2 Å². The van der Waals surface area contributed by atoms with Crippen LogP contribution < -0.4 is 15.6 Å². The molecule has 0 aliphatic rings. The molecule has 0 saturated heterocycles. The second kappa shape index (κ2) is 6.89. The van der Waals surface area contributed by atoms with Crippen molar-refractivity contribution in [1.29, 1.82) is 0 Å². The van der Waals surface area contributed by atoms with Crippen molar-refractivity contribution in [3.8, 4) is 17.0 Å². The summed E-state index contributed by atoms with van der Waals surface area (Å²) in [6.07, 6.45) is 1.27. The minimum atomic E-state index is -0.837. The van der Waals surface area contributed by atoms with E-state index in [0.717, 1.165) is 5.56 Å². The van der Waals surface area contributed by atoms with Gasteiger partial charge in [-0.05, 0) is 43.7 Å². The molecule has 0 fully saturated rings. The Morgan fingerprint density at radius 1 is 1.35 bits per heavy atom. The van der Waals surface area contributed by atoms with E-state index in [4.69, 9.17) is 4.74 Å². The maximum Gasteiger partial charge on any atom is 0.271 e. The van der Waals surface area contributed by atoms with Crippen LogP contribution in [0.25, 0.3) is 16.2 Å². The van der Waals surface area contributed by atoms with Crippen LogP contribution in [0, 0.1) is 0 Å². The fraction of sp³-hybridized carbons (Fsp3) is 0.278. The summed E-state index contributed by atoms with van der Waals surface area (Å²) in [5, 5.41) is 13.8. The van der Waals surface area contributed by atoms with Crippen molar-refractivity contribution in [3.63, 3.8) is 0 Å². The van der Waals surface area contributed by atoms with Crippen molar-refractivity contribution < 1.29 is 14.6 Å². The van der Waals surface area contributed by atoms with Gasteiger partial charge in [-0.25, -0.2) is 4.98 Å². The molecule has 1 aromatic carbocycles. The Morgan fingerprint density at radius 3 is 2.65 bits per heavy atom. The minimum Gasteiger partial charge on any atom is -0.497 e. The Balaban J connectivity index is 2.08. The number of hydrogen-bond acceptors (Lipinski definition) is 6. The van der Waals surface area contributed by atoms with Crippen LogP contribution in [0.2, 0.25) is 0 Å². The summed E-state index contributed by atoms with van der Waals surface area (Å²) in [7, 11) is 1.59. The van der Waals surface area contributed by atoms with Crippen molar-refractivity contribution in [1.82, 2.24) is 14.7 Å². The van der Waals surface area contributed by atoms with Crippen LogP contribution in [0.5, 0.6) is 5.75 Å². The Hall–Kier alpha value is -2.71. The first kappa shape index (κ1) is 18.1. The number of nitrogens with zero attached hydrogens (tertiary/aromatic N) is 2. The van der Waals surface area contributed by atoms with Crippen molar-refractivity contribution in [3.05, 3.63) is 51.8 Å². The molecule has 1 amide bonds. The van der Waals surface area contributed by atoms with Crippen molar-refractivity contribution in [2.75, 3.05) is 13.7 Å². The smallest absolute Gasteiger partial charge is 0.271 e. The van der Waals surface area contributed by atoms with Gasteiger partial charge in [0.2, 0.25) is 0 Å². The number of carbonyl (C=O) groups is 1. The number of methoxy groups -OCH3 is 1. The molecule has 136 valence electrons. The summed E-state index contributed by atoms with van der Waals surface area (Å²) in [5.74, 6) is 0.146. The molecular formula is C18H19N3O4S. The average Bonchev–Trinajstić information content (AvgIpc) is 3.06. The molecule has 0 radical (unpaired) electrons. The lowest BCUT2D eigenvalue weighted by Gasteiger charge is -2.23. The van der Waals surface area contributed by atoms with Gasteiger partial charge in [-0.1, -0.05) is 0 Å². The molecule has 26 heavy (non-hydrogen) atoms. The summed E-state index contributed by atoms with van der Waals surface area (Å²) in [6, 6.07) is 7.29. The van der Waals surface area contributed by atoms with Gasteiger partial charge in [-0.2, -0.15) is 0 Å². The molecule has 2 heterocycles. The highest BCUT2D eigenvalue weighted by Crippen LogP contribution is 2.25. The highest BCUT2D eigenvalue weighted by molar-refractivity contribution is 7.15. The van der Waals surface area contributed by atoms with Crippen LogP contribution in [-0.4, -0.2) is 39.7 Å². The van der Waals surface area contributed by atoms with E-state index in [0.29, 0.717) is 16.4 Å². The molecular weight excluding hydrogens is 354 g/mol. The number of amides is 1. The van der Waals surface area contributed by atoms with E-state index in [9.17, 15) is 14.7 Å². The van der Waals surface area contributed by atoms with Gasteiger partial charge >= 0.3 is 0 Å². The van der Waals surface area contributed by atoms with Gasteiger partial charge in [-0.3, -0.25) is 14.0 Å². The molecule has 0 spiro atoms.